The molecule has 0 radical (unpaired) electrons. The zero-order chi connectivity index (χ0) is 29.2. The van der Waals surface area contributed by atoms with Crippen LogP contribution in [0.15, 0.2) is 72.0 Å². The van der Waals surface area contributed by atoms with Gasteiger partial charge in [0, 0.05) is 43.3 Å². The molecule has 0 aliphatic carbocycles. The van der Waals surface area contributed by atoms with Gasteiger partial charge in [0.2, 0.25) is 5.88 Å². The Labute approximate surface area is 239 Å². The van der Waals surface area contributed by atoms with Crippen molar-refractivity contribution in [2.24, 2.45) is 0 Å². The van der Waals surface area contributed by atoms with Crippen LogP contribution in [0.1, 0.15) is 20.8 Å². The fraction of sp³-hybridized carbons (Fsp3) is 0.310. The van der Waals surface area contributed by atoms with Gasteiger partial charge in [-0.15, -0.1) is 0 Å². The SMILES string of the molecule is COc1ncc(-c2ccc3ncnc(N4CCN(C(=O)OC(C)(C)C)CC4)c3c2)cc1NS(=O)(=O)c1ccccc1. The van der Waals surface area contributed by atoms with Crippen molar-refractivity contribution in [3.05, 3.63) is 67.1 Å². The largest absolute Gasteiger partial charge is 0.480 e. The second-order valence-electron chi connectivity index (χ2n) is 10.6. The van der Waals surface area contributed by atoms with E-state index in [1.807, 2.05) is 39.0 Å². The first-order chi connectivity index (χ1) is 19.5. The predicted molar refractivity (Wildman–Crippen MR) is 157 cm³/mol. The standard InChI is InChI=1S/C29H32N6O5S/c1-29(2,3)40-28(36)35-14-12-34(13-15-35)26-23-16-20(10-11-24(23)31-19-32-26)21-17-25(27(39-4)30-18-21)33-41(37,38)22-8-6-5-7-9-22/h5-11,16-19,33H,12-15H2,1-4H3. The van der Waals surface area contributed by atoms with E-state index >= 15 is 0 Å². The summed E-state index contributed by atoms with van der Waals surface area (Å²) < 4.78 is 39.5. The van der Waals surface area contributed by atoms with E-state index < -0.39 is 15.6 Å². The number of pyridine rings is 1. The number of anilines is 2. The maximum absolute atomic E-state index is 13.0. The Hall–Kier alpha value is -4.45. The average Bonchev–Trinajstić information content (AvgIpc) is 2.96. The summed E-state index contributed by atoms with van der Waals surface area (Å²) in [6.07, 6.45) is 2.84. The van der Waals surface area contributed by atoms with Crippen molar-refractivity contribution < 1.29 is 22.7 Å². The number of rotatable bonds is 6. The third kappa shape index (κ3) is 6.32. The number of benzene rings is 2. The molecule has 0 spiro atoms. The van der Waals surface area contributed by atoms with Gasteiger partial charge in [0.25, 0.3) is 10.0 Å². The lowest BCUT2D eigenvalue weighted by Crippen LogP contribution is -2.50. The lowest BCUT2D eigenvalue weighted by molar-refractivity contribution is 0.0240. The molecular weight excluding hydrogens is 544 g/mol. The summed E-state index contributed by atoms with van der Waals surface area (Å²) >= 11 is 0. The van der Waals surface area contributed by atoms with E-state index in [4.69, 9.17) is 9.47 Å². The number of nitrogens with one attached hydrogen (secondary N) is 1. The van der Waals surface area contributed by atoms with Crippen molar-refractivity contribution in [1.29, 1.82) is 0 Å². The van der Waals surface area contributed by atoms with Gasteiger partial charge >= 0.3 is 6.09 Å². The topological polar surface area (TPSA) is 127 Å². The highest BCUT2D eigenvalue weighted by molar-refractivity contribution is 7.92. The highest BCUT2D eigenvalue weighted by Gasteiger charge is 2.27. The number of methoxy groups -OCH3 is 1. The van der Waals surface area contributed by atoms with Gasteiger partial charge in [0.1, 0.15) is 23.4 Å². The second-order valence-corrected chi connectivity index (χ2v) is 12.3. The molecule has 1 aliphatic rings. The molecule has 1 fully saturated rings. The van der Waals surface area contributed by atoms with Crippen molar-refractivity contribution in [2.75, 3.05) is 42.9 Å². The average molecular weight is 577 g/mol. The molecule has 1 aliphatic heterocycles. The number of hydrogen-bond donors (Lipinski definition) is 1. The van der Waals surface area contributed by atoms with Crippen LogP contribution in [0.3, 0.4) is 0 Å². The van der Waals surface area contributed by atoms with Gasteiger partial charge in [0.15, 0.2) is 0 Å². The first-order valence-electron chi connectivity index (χ1n) is 13.1. The van der Waals surface area contributed by atoms with Crippen molar-refractivity contribution in [3.63, 3.8) is 0 Å². The molecule has 214 valence electrons. The maximum atomic E-state index is 13.0. The number of carbonyl (C=O) groups is 1. The van der Waals surface area contributed by atoms with Gasteiger partial charge in [0.05, 0.1) is 17.5 Å². The van der Waals surface area contributed by atoms with Gasteiger partial charge < -0.3 is 19.3 Å². The van der Waals surface area contributed by atoms with Crippen LogP contribution in [0.5, 0.6) is 5.88 Å². The van der Waals surface area contributed by atoms with Crippen molar-refractivity contribution in [3.8, 4) is 17.0 Å². The molecule has 1 N–H and O–H groups in total. The van der Waals surface area contributed by atoms with Gasteiger partial charge in [-0.2, -0.15) is 0 Å². The fourth-order valence-electron chi connectivity index (χ4n) is 4.55. The lowest BCUT2D eigenvalue weighted by Gasteiger charge is -2.36. The quantitative estimate of drug-likeness (QED) is 0.351. The van der Waals surface area contributed by atoms with Crippen LogP contribution in [0.4, 0.5) is 16.3 Å². The molecule has 3 heterocycles. The van der Waals surface area contributed by atoms with E-state index in [0.717, 1.165) is 22.3 Å². The van der Waals surface area contributed by atoms with Gasteiger partial charge in [-0.3, -0.25) is 4.72 Å². The number of piperazine rings is 1. The molecule has 41 heavy (non-hydrogen) atoms. The molecule has 1 saturated heterocycles. The Morgan fingerprint density at radius 3 is 2.34 bits per heavy atom. The Bertz CT molecular complexity index is 1670. The maximum Gasteiger partial charge on any atom is 0.410 e. The molecule has 0 saturated carbocycles. The molecule has 0 unspecified atom stereocenters. The summed E-state index contributed by atoms with van der Waals surface area (Å²) in [5.74, 6) is 0.910. The summed E-state index contributed by atoms with van der Waals surface area (Å²) in [5.41, 5.74) is 1.92. The summed E-state index contributed by atoms with van der Waals surface area (Å²) in [5, 5.41) is 0.831. The molecule has 4 aromatic rings. The number of carbonyl (C=O) groups excluding carboxylic acids is 1. The molecule has 1 amide bonds. The van der Waals surface area contributed by atoms with Gasteiger partial charge in [-0.1, -0.05) is 24.3 Å². The molecule has 0 bridgehead atoms. The number of hydrogen-bond acceptors (Lipinski definition) is 9. The zero-order valence-electron chi connectivity index (χ0n) is 23.4. The molecule has 2 aromatic heterocycles. The summed E-state index contributed by atoms with van der Waals surface area (Å²) in [4.78, 5) is 29.8. The van der Waals surface area contributed by atoms with Crippen molar-refractivity contribution in [2.45, 2.75) is 31.3 Å². The minimum absolute atomic E-state index is 0.131. The van der Waals surface area contributed by atoms with E-state index in [0.29, 0.717) is 31.7 Å². The number of ether oxygens (including phenoxy) is 2. The molecule has 5 rings (SSSR count). The highest BCUT2D eigenvalue weighted by atomic mass is 32.2. The summed E-state index contributed by atoms with van der Waals surface area (Å²) in [6.45, 7) is 7.75. The second kappa shape index (κ2) is 11.2. The number of nitrogens with zero attached hydrogens (tertiary/aromatic N) is 5. The third-order valence-corrected chi connectivity index (χ3v) is 7.90. The van der Waals surface area contributed by atoms with E-state index in [-0.39, 0.29) is 22.6 Å². The minimum Gasteiger partial charge on any atom is -0.480 e. The minimum atomic E-state index is -3.86. The van der Waals surface area contributed by atoms with E-state index in [1.54, 1.807) is 35.4 Å². The smallest absolute Gasteiger partial charge is 0.410 e. The third-order valence-electron chi connectivity index (χ3n) is 6.52. The number of sulfonamides is 1. The molecule has 11 nitrogen and oxygen atoms in total. The van der Waals surface area contributed by atoms with Crippen LogP contribution in [-0.2, 0) is 14.8 Å². The van der Waals surface area contributed by atoms with Crippen LogP contribution < -0.4 is 14.4 Å². The number of aromatic nitrogens is 3. The molecule has 12 heteroatoms. The molecular formula is C29H32N6O5S. The Balaban J connectivity index is 1.42. The van der Waals surface area contributed by atoms with Crippen LogP contribution in [-0.4, -0.2) is 73.3 Å². The fourth-order valence-corrected chi connectivity index (χ4v) is 5.62. The summed E-state index contributed by atoms with van der Waals surface area (Å²) in [6, 6.07) is 15.6. The Morgan fingerprint density at radius 2 is 1.66 bits per heavy atom. The number of fused-ring (bicyclic) bond motifs is 1. The van der Waals surface area contributed by atoms with Crippen LogP contribution in [0, 0.1) is 0 Å². The zero-order valence-corrected chi connectivity index (χ0v) is 24.2. The van der Waals surface area contributed by atoms with E-state index in [9.17, 15) is 13.2 Å². The summed E-state index contributed by atoms with van der Waals surface area (Å²) in [7, 11) is -2.42. The first kappa shape index (κ1) is 28.1. The van der Waals surface area contributed by atoms with Gasteiger partial charge in [-0.05, 0) is 56.7 Å². The first-order valence-corrected chi connectivity index (χ1v) is 14.6. The Kier molecular flexibility index (Phi) is 7.68. The monoisotopic (exact) mass is 576 g/mol. The van der Waals surface area contributed by atoms with Crippen molar-refractivity contribution in [1.82, 2.24) is 19.9 Å². The van der Waals surface area contributed by atoms with E-state index in [2.05, 4.69) is 24.6 Å². The predicted octanol–water partition coefficient (Wildman–Crippen LogP) is 4.56. The highest BCUT2D eigenvalue weighted by Crippen LogP contribution is 2.33. The Morgan fingerprint density at radius 1 is 0.927 bits per heavy atom. The molecule has 0 atom stereocenters. The number of amides is 1. The van der Waals surface area contributed by atoms with E-state index in [1.165, 1.54) is 25.6 Å². The van der Waals surface area contributed by atoms with Crippen LogP contribution in [0.25, 0.3) is 22.0 Å². The van der Waals surface area contributed by atoms with Crippen molar-refractivity contribution >= 4 is 38.5 Å². The molecule has 2 aromatic carbocycles. The lowest BCUT2D eigenvalue weighted by atomic mass is 10.0. The van der Waals surface area contributed by atoms with Crippen LogP contribution >= 0.6 is 0 Å². The normalized spacial score (nSPS) is 14.1. The van der Waals surface area contributed by atoms with Crippen LogP contribution in [0.2, 0.25) is 0 Å². The van der Waals surface area contributed by atoms with Gasteiger partial charge in [-0.25, -0.2) is 28.2 Å².